The van der Waals surface area contributed by atoms with E-state index in [0.29, 0.717) is 25.9 Å². The number of carbonyl (C=O) groups excluding carboxylic acids is 2. The fraction of sp³-hybridized carbons (Fsp3) is 0.562. The zero-order valence-corrected chi connectivity index (χ0v) is 13.2. The van der Waals surface area contributed by atoms with Gasteiger partial charge in [-0.25, -0.2) is 0 Å². The molecule has 5 nitrogen and oxygen atoms in total. The van der Waals surface area contributed by atoms with Crippen LogP contribution < -0.4 is 5.32 Å². The smallest absolute Gasteiger partial charge is 0.352 e. The van der Waals surface area contributed by atoms with Gasteiger partial charge in [-0.05, 0) is 31.4 Å². The van der Waals surface area contributed by atoms with Crippen LogP contribution in [0, 0.1) is 0 Å². The molecule has 0 aromatic carbocycles. The molecule has 1 aromatic heterocycles. The zero-order valence-electron chi connectivity index (χ0n) is 13.2. The van der Waals surface area contributed by atoms with Gasteiger partial charge in [0.15, 0.2) is 5.69 Å². The van der Waals surface area contributed by atoms with Gasteiger partial charge in [-0.15, -0.1) is 0 Å². The van der Waals surface area contributed by atoms with Crippen LogP contribution in [0.3, 0.4) is 0 Å². The standard InChI is InChI=1S/C16H20F3N3O2/c17-16(18,19)14-12(6-4-8-20-14)15(24)21-9-5-11-22-10-3-1-2-7-13(22)23/h4,6,8H,1-3,5,7,9-11H2,(H,21,24). The number of hydrogen-bond acceptors (Lipinski definition) is 3. The van der Waals surface area contributed by atoms with Crippen LogP contribution in [-0.2, 0) is 11.0 Å². The van der Waals surface area contributed by atoms with Crippen molar-refractivity contribution >= 4 is 11.8 Å². The molecule has 1 N–H and O–H groups in total. The van der Waals surface area contributed by atoms with Crippen molar-refractivity contribution in [3.05, 3.63) is 29.6 Å². The molecule has 132 valence electrons. The summed E-state index contributed by atoms with van der Waals surface area (Å²) in [5.74, 6) is -0.705. The van der Waals surface area contributed by atoms with Crippen LogP contribution in [0.2, 0.25) is 0 Å². The van der Waals surface area contributed by atoms with Crippen molar-refractivity contribution in [1.82, 2.24) is 15.2 Å². The van der Waals surface area contributed by atoms with E-state index in [1.807, 2.05) is 0 Å². The van der Waals surface area contributed by atoms with E-state index in [0.717, 1.165) is 31.5 Å². The Labute approximate surface area is 138 Å². The van der Waals surface area contributed by atoms with E-state index in [4.69, 9.17) is 0 Å². The van der Waals surface area contributed by atoms with Crippen LogP contribution >= 0.6 is 0 Å². The van der Waals surface area contributed by atoms with Gasteiger partial charge in [0.1, 0.15) is 0 Å². The molecule has 2 rings (SSSR count). The molecule has 0 aliphatic carbocycles. The molecule has 0 spiro atoms. The van der Waals surface area contributed by atoms with Gasteiger partial charge in [0.25, 0.3) is 5.91 Å². The summed E-state index contributed by atoms with van der Waals surface area (Å²) in [5, 5.41) is 2.46. The quantitative estimate of drug-likeness (QED) is 0.836. The molecule has 0 unspecified atom stereocenters. The fourth-order valence-electron chi connectivity index (χ4n) is 2.66. The third-order valence-corrected chi connectivity index (χ3v) is 3.88. The first-order valence-electron chi connectivity index (χ1n) is 7.98. The SMILES string of the molecule is O=C(NCCCN1CCCCCC1=O)c1cccnc1C(F)(F)F. The molecular formula is C16H20F3N3O2. The van der Waals surface area contributed by atoms with Gasteiger partial charge in [0.05, 0.1) is 5.56 Å². The lowest BCUT2D eigenvalue weighted by Gasteiger charge is -2.20. The van der Waals surface area contributed by atoms with Crippen molar-refractivity contribution in [2.45, 2.75) is 38.3 Å². The summed E-state index contributed by atoms with van der Waals surface area (Å²) < 4.78 is 38.5. The highest BCUT2D eigenvalue weighted by atomic mass is 19.4. The molecule has 2 amide bonds. The molecule has 2 heterocycles. The van der Waals surface area contributed by atoms with Crippen LogP contribution in [0.1, 0.15) is 48.2 Å². The van der Waals surface area contributed by atoms with Gasteiger partial charge in [0.2, 0.25) is 5.91 Å². The van der Waals surface area contributed by atoms with Gasteiger partial charge in [-0.1, -0.05) is 6.42 Å². The average Bonchev–Trinajstić information content (AvgIpc) is 2.75. The number of carbonyl (C=O) groups is 2. The number of rotatable bonds is 5. The van der Waals surface area contributed by atoms with E-state index in [2.05, 4.69) is 10.3 Å². The molecule has 0 saturated carbocycles. The van der Waals surface area contributed by atoms with E-state index in [9.17, 15) is 22.8 Å². The molecule has 1 aromatic rings. The summed E-state index contributed by atoms with van der Waals surface area (Å²) in [4.78, 5) is 28.8. The largest absolute Gasteiger partial charge is 0.434 e. The lowest BCUT2D eigenvalue weighted by atomic mass is 10.1. The Morgan fingerprint density at radius 3 is 2.83 bits per heavy atom. The molecule has 1 fully saturated rings. The molecular weight excluding hydrogens is 323 g/mol. The first kappa shape index (κ1) is 18.2. The number of likely N-dealkylation sites (tertiary alicyclic amines) is 1. The van der Waals surface area contributed by atoms with Gasteiger partial charge in [-0.2, -0.15) is 13.2 Å². The Hall–Kier alpha value is -2.12. The number of nitrogens with zero attached hydrogens (tertiary/aromatic N) is 2. The maximum atomic E-state index is 12.8. The van der Waals surface area contributed by atoms with Crippen LogP contribution in [0.25, 0.3) is 0 Å². The third-order valence-electron chi connectivity index (χ3n) is 3.88. The van der Waals surface area contributed by atoms with E-state index in [1.165, 1.54) is 6.07 Å². The van der Waals surface area contributed by atoms with E-state index < -0.39 is 23.3 Å². The minimum Gasteiger partial charge on any atom is -0.352 e. The zero-order chi connectivity index (χ0) is 17.6. The number of alkyl halides is 3. The van der Waals surface area contributed by atoms with Crippen molar-refractivity contribution in [2.24, 2.45) is 0 Å². The Bertz CT molecular complexity index is 590. The molecule has 1 aliphatic rings. The Balaban J connectivity index is 1.85. The number of amides is 2. The summed E-state index contributed by atoms with van der Waals surface area (Å²) in [6, 6.07) is 2.39. The molecule has 0 bridgehead atoms. The molecule has 0 radical (unpaired) electrons. The van der Waals surface area contributed by atoms with Crippen LogP contribution in [-0.4, -0.2) is 41.3 Å². The number of halogens is 3. The first-order valence-corrected chi connectivity index (χ1v) is 7.98. The highest BCUT2D eigenvalue weighted by Gasteiger charge is 2.36. The second-order valence-corrected chi connectivity index (χ2v) is 5.70. The predicted molar refractivity (Wildman–Crippen MR) is 81.2 cm³/mol. The average molecular weight is 343 g/mol. The highest BCUT2D eigenvalue weighted by Crippen LogP contribution is 2.29. The summed E-state index contributed by atoms with van der Waals surface area (Å²) in [7, 11) is 0. The van der Waals surface area contributed by atoms with Crippen molar-refractivity contribution in [2.75, 3.05) is 19.6 Å². The van der Waals surface area contributed by atoms with Gasteiger partial charge < -0.3 is 10.2 Å². The topological polar surface area (TPSA) is 62.3 Å². The minimum absolute atomic E-state index is 0.102. The van der Waals surface area contributed by atoms with Crippen LogP contribution in [0.15, 0.2) is 18.3 Å². The summed E-state index contributed by atoms with van der Waals surface area (Å²) >= 11 is 0. The Morgan fingerprint density at radius 2 is 2.08 bits per heavy atom. The lowest BCUT2D eigenvalue weighted by molar-refractivity contribution is -0.141. The molecule has 1 saturated heterocycles. The minimum atomic E-state index is -4.67. The lowest BCUT2D eigenvalue weighted by Crippen LogP contribution is -2.34. The normalized spacial score (nSPS) is 16.0. The Kier molecular flexibility index (Phi) is 6.16. The molecule has 24 heavy (non-hydrogen) atoms. The van der Waals surface area contributed by atoms with Gasteiger partial charge in [-0.3, -0.25) is 14.6 Å². The summed E-state index contributed by atoms with van der Waals surface area (Å²) in [6.45, 7) is 1.40. The molecule has 1 aliphatic heterocycles. The van der Waals surface area contributed by atoms with Gasteiger partial charge in [0, 0.05) is 32.3 Å². The van der Waals surface area contributed by atoms with E-state index in [1.54, 1.807) is 4.90 Å². The second-order valence-electron chi connectivity index (χ2n) is 5.70. The van der Waals surface area contributed by atoms with Crippen LogP contribution in [0.5, 0.6) is 0 Å². The van der Waals surface area contributed by atoms with Crippen molar-refractivity contribution in [1.29, 1.82) is 0 Å². The fourth-order valence-corrected chi connectivity index (χ4v) is 2.66. The van der Waals surface area contributed by atoms with Crippen molar-refractivity contribution in [3.63, 3.8) is 0 Å². The third kappa shape index (κ3) is 4.94. The molecule has 8 heteroatoms. The monoisotopic (exact) mass is 343 g/mol. The van der Waals surface area contributed by atoms with E-state index >= 15 is 0 Å². The summed E-state index contributed by atoms with van der Waals surface area (Å²) in [6.07, 6.45) is 0.253. The van der Waals surface area contributed by atoms with E-state index in [-0.39, 0.29) is 12.5 Å². The summed E-state index contributed by atoms with van der Waals surface area (Å²) in [5.41, 5.74) is -1.68. The highest BCUT2D eigenvalue weighted by molar-refractivity contribution is 5.95. The maximum Gasteiger partial charge on any atom is 0.434 e. The van der Waals surface area contributed by atoms with Gasteiger partial charge >= 0.3 is 6.18 Å². The van der Waals surface area contributed by atoms with Crippen LogP contribution in [0.4, 0.5) is 13.2 Å². The second kappa shape index (κ2) is 8.12. The van der Waals surface area contributed by atoms with Crippen molar-refractivity contribution < 1.29 is 22.8 Å². The Morgan fingerprint density at radius 1 is 1.29 bits per heavy atom. The number of pyridine rings is 1. The molecule has 0 atom stereocenters. The van der Waals surface area contributed by atoms with Crippen molar-refractivity contribution in [3.8, 4) is 0 Å². The number of hydrogen-bond donors (Lipinski definition) is 1. The maximum absolute atomic E-state index is 12.8. The number of nitrogens with one attached hydrogen (secondary N) is 1. The predicted octanol–water partition coefficient (Wildman–Crippen LogP) is 2.62. The first-order chi connectivity index (χ1) is 11.4. The number of aromatic nitrogens is 1.